The topological polar surface area (TPSA) is 49.4 Å². The predicted octanol–water partition coefficient (Wildman–Crippen LogP) is 2.40. The van der Waals surface area contributed by atoms with Crippen molar-refractivity contribution in [2.75, 3.05) is 26.2 Å². The van der Waals surface area contributed by atoms with Gasteiger partial charge in [-0.2, -0.15) is 4.31 Å². The second-order valence-corrected chi connectivity index (χ2v) is 8.44. The fourth-order valence-corrected chi connectivity index (χ4v) is 4.99. The molecule has 2 saturated heterocycles. The van der Waals surface area contributed by atoms with Crippen LogP contribution < -0.4 is 5.32 Å². The van der Waals surface area contributed by atoms with Crippen molar-refractivity contribution in [3.8, 4) is 0 Å². The smallest absolute Gasteiger partial charge is 0.243 e. The lowest BCUT2D eigenvalue weighted by atomic mass is 9.91. The first-order chi connectivity index (χ1) is 10.7. The molecule has 0 aliphatic carbocycles. The van der Waals surface area contributed by atoms with E-state index in [0.29, 0.717) is 18.0 Å². The number of nitrogens with one attached hydrogen (secondary N) is 1. The van der Waals surface area contributed by atoms with Gasteiger partial charge in [0.15, 0.2) is 0 Å². The van der Waals surface area contributed by atoms with E-state index < -0.39 is 10.0 Å². The molecular formula is C17H26N2O2S. The maximum Gasteiger partial charge on any atom is 0.243 e. The number of sulfonamides is 1. The average molecular weight is 322 g/mol. The Labute approximate surface area is 134 Å². The van der Waals surface area contributed by atoms with Crippen molar-refractivity contribution in [3.63, 3.8) is 0 Å². The molecule has 0 amide bonds. The molecule has 3 rings (SSSR count). The van der Waals surface area contributed by atoms with Crippen LogP contribution in [0.15, 0.2) is 29.2 Å². The van der Waals surface area contributed by atoms with Gasteiger partial charge in [-0.1, -0.05) is 18.6 Å². The van der Waals surface area contributed by atoms with Gasteiger partial charge in [-0.25, -0.2) is 8.42 Å². The summed E-state index contributed by atoms with van der Waals surface area (Å²) >= 11 is 0. The zero-order valence-corrected chi connectivity index (χ0v) is 13.9. The molecule has 2 heterocycles. The zero-order chi connectivity index (χ0) is 15.4. The van der Waals surface area contributed by atoms with Crippen molar-refractivity contribution in [1.82, 2.24) is 9.62 Å². The molecule has 0 bridgehead atoms. The Morgan fingerprint density at radius 1 is 1.00 bits per heavy atom. The van der Waals surface area contributed by atoms with E-state index in [2.05, 4.69) is 5.32 Å². The molecule has 2 aliphatic heterocycles. The SMILES string of the molecule is O=S(=O)(c1ccc(CC2CCNCC2)cc1)N1CCCCC1. The van der Waals surface area contributed by atoms with Crippen molar-refractivity contribution >= 4 is 10.0 Å². The highest BCUT2D eigenvalue weighted by atomic mass is 32.2. The van der Waals surface area contributed by atoms with E-state index >= 15 is 0 Å². The molecule has 0 saturated carbocycles. The van der Waals surface area contributed by atoms with E-state index in [0.717, 1.165) is 44.7 Å². The van der Waals surface area contributed by atoms with E-state index in [-0.39, 0.29) is 0 Å². The van der Waals surface area contributed by atoms with E-state index in [4.69, 9.17) is 0 Å². The van der Waals surface area contributed by atoms with E-state index in [1.165, 1.54) is 18.4 Å². The minimum Gasteiger partial charge on any atom is -0.317 e. The highest BCUT2D eigenvalue weighted by molar-refractivity contribution is 7.89. The number of hydrogen-bond donors (Lipinski definition) is 1. The van der Waals surface area contributed by atoms with Crippen molar-refractivity contribution in [1.29, 1.82) is 0 Å². The van der Waals surface area contributed by atoms with Gasteiger partial charge in [-0.15, -0.1) is 0 Å². The molecule has 0 spiro atoms. The van der Waals surface area contributed by atoms with Crippen LogP contribution in [0.25, 0.3) is 0 Å². The van der Waals surface area contributed by atoms with Gasteiger partial charge in [-0.05, 0) is 68.8 Å². The molecule has 22 heavy (non-hydrogen) atoms. The molecule has 2 fully saturated rings. The standard InChI is InChI=1S/C17H26N2O2S/c20-22(21,19-12-2-1-3-13-19)17-6-4-15(5-7-17)14-16-8-10-18-11-9-16/h4-7,16,18H,1-3,8-14H2. The Balaban J connectivity index is 1.67. The fraction of sp³-hybridized carbons (Fsp3) is 0.647. The number of benzene rings is 1. The first-order valence-electron chi connectivity index (χ1n) is 8.46. The molecule has 4 nitrogen and oxygen atoms in total. The van der Waals surface area contributed by atoms with Gasteiger partial charge >= 0.3 is 0 Å². The largest absolute Gasteiger partial charge is 0.317 e. The van der Waals surface area contributed by atoms with Gasteiger partial charge in [0.05, 0.1) is 4.90 Å². The number of piperidine rings is 2. The Bertz CT molecular complexity index is 571. The minimum absolute atomic E-state index is 0.448. The molecule has 0 atom stereocenters. The van der Waals surface area contributed by atoms with Crippen molar-refractivity contribution in [2.24, 2.45) is 5.92 Å². The summed E-state index contributed by atoms with van der Waals surface area (Å²) < 4.78 is 26.8. The Kier molecular flexibility index (Phi) is 5.16. The lowest BCUT2D eigenvalue weighted by molar-refractivity contribution is 0.346. The van der Waals surface area contributed by atoms with Crippen LogP contribution in [-0.4, -0.2) is 38.9 Å². The molecule has 1 aromatic rings. The molecule has 0 unspecified atom stereocenters. The normalized spacial score (nSPS) is 21.8. The summed E-state index contributed by atoms with van der Waals surface area (Å²) in [4.78, 5) is 0.448. The van der Waals surface area contributed by atoms with Crippen LogP contribution in [0, 0.1) is 5.92 Å². The summed E-state index contributed by atoms with van der Waals surface area (Å²) in [6.45, 7) is 3.54. The second-order valence-electron chi connectivity index (χ2n) is 6.51. The third-order valence-corrected chi connectivity index (χ3v) is 6.77. The summed E-state index contributed by atoms with van der Waals surface area (Å²) in [7, 11) is -3.29. The van der Waals surface area contributed by atoms with Crippen molar-refractivity contribution < 1.29 is 8.42 Å². The van der Waals surface area contributed by atoms with Crippen LogP contribution in [-0.2, 0) is 16.4 Å². The Morgan fingerprint density at radius 3 is 2.27 bits per heavy atom. The summed E-state index contributed by atoms with van der Waals surface area (Å²) in [5.41, 5.74) is 1.25. The number of rotatable bonds is 4. The zero-order valence-electron chi connectivity index (χ0n) is 13.1. The van der Waals surface area contributed by atoms with Crippen LogP contribution in [0.1, 0.15) is 37.7 Å². The van der Waals surface area contributed by atoms with Gasteiger partial charge in [-0.3, -0.25) is 0 Å². The molecule has 1 N–H and O–H groups in total. The predicted molar refractivity (Wildman–Crippen MR) is 88.3 cm³/mol. The number of nitrogens with zero attached hydrogens (tertiary/aromatic N) is 1. The quantitative estimate of drug-likeness (QED) is 0.926. The molecule has 0 aromatic heterocycles. The van der Waals surface area contributed by atoms with Gasteiger partial charge < -0.3 is 5.32 Å². The van der Waals surface area contributed by atoms with Gasteiger partial charge in [0.25, 0.3) is 0 Å². The number of hydrogen-bond acceptors (Lipinski definition) is 3. The first-order valence-corrected chi connectivity index (χ1v) is 9.90. The summed E-state index contributed by atoms with van der Waals surface area (Å²) in [5, 5.41) is 3.38. The van der Waals surface area contributed by atoms with E-state index in [1.54, 1.807) is 16.4 Å². The van der Waals surface area contributed by atoms with Crippen LogP contribution in [0.4, 0.5) is 0 Å². The second kappa shape index (κ2) is 7.11. The van der Waals surface area contributed by atoms with Gasteiger partial charge in [0.1, 0.15) is 0 Å². The summed E-state index contributed by atoms with van der Waals surface area (Å²) in [6, 6.07) is 7.58. The Hall–Kier alpha value is -0.910. The summed E-state index contributed by atoms with van der Waals surface area (Å²) in [5.74, 6) is 0.728. The maximum atomic E-state index is 12.6. The summed E-state index contributed by atoms with van der Waals surface area (Å²) in [6.07, 6.45) is 6.59. The van der Waals surface area contributed by atoms with Crippen molar-refractivity contribution in [3.05, 3.63) is 29.8 Å². The molecule has 1 aromatic carbocycles. The van der Waals surface area contributed by atoms with Crippen LogP contribution in [0.3, 0.4) is 0 Å². The fourth-order valence-electron chi connectivity index (χ4n) is 3.47. The van der Waals surface area contributed by atoms with Gasteiger partial charge in [0, 0.05) is 13.1 Å². The highest BCUT2D eigenvalue weighted by Crippen LogP contribution is 2.23. The Morgan fingerprint density at radius 2 is 1.64 bits per heavy atom. The lowest BCUT2D eigenvalue weighted by Crippen LogP contribution is -2.35. The monoisotopic (exact) mass is 322 g/mol. The molecule has 122 valence electrons. The molecule has 5 heteroatoms. The third-order valence-electron chi connectivity index (χ3n) is 4.86. The van der Waals surface area contributed by atoms with Gasteiger partial charge in [0.2, 0.25) is 10.0 Å². The van der Waals surface area contributed by atoms with Crippen LogP contribution >= 0.6 is 0 Å². The van der Waals surface area contributed by atoms with E-state index in [9.17, 15) is 8.42 Å². The van der Waals surface area contributed by atoms with E-state index in [1.807, 2.05) is 12.1 Å². The highest BCUT2D eigenvalue weighted by Gasteiger charge is 2.25. The molecular weight excluding hydrogens is 296 g/mol. The van der Waals surface area contributed by atoms with Crippen LogP contribution in [0.5, 0.6) is 0 Å². The molecule has 2 aliphatic rings. The van der Waals surface area contributed by atoms with Crippen molar-refractivity contribution in [2.45, 2.75) is 43.4 Å². The first kappa shape index (κ1) is 16.0. The average Bonchev–Trinajstić information content (AvgIpc) is 2.57. The maximum absolute atomic E-state index is 12.6. The third kappa shape index (κ3) is 3.70. The van der Waals surface area contributed by atoms with Crippen LogP contribution in [0.2, 0.25) is 0 Å². The minimum atomic E-state index is -3.29. The lowest BCUT2D eigenvalue weighted by Gasteiger charge is -2.26. The molecule has 0 radical (unpaired) electrons.